The van der Waals surface area contributed by atoms with Crippen LogP contribution in [0.25, 0.3) is 10.9 Å². The van der Waals surface area contributed by atoms with E-state index in [1.54, 1.807) is 6.92 Å². The molecule has 112 valence electrons. The third-order valence-corrected chi connectivity index (χ3v) is 2.87. The summed E-state index contributed by atoms with van der Waals surface area (Å²) in [6.07, 6.45) is 0. The highest BCUT2D eigenvalue weighted by atomic mass is 16.6. The molecule has 0 aliphatic rings. The molecular weight excluding hydrogens is 280 g/mol. The number of fused-ring (bicyclic) bond motifs is 1. The SMILES string of the molecule is COCC(C)Nc1cc2c(=O)[nH]c(=O)[nH]c2cc1[N+](=O)[O-]. The second-order valence-corrected chi connectivity index (χ2v) is 4.58. The van der Waals surface area contributed by atoms with E-state index >= 15 is 0 Å². The molecule has 1 atom stereocenters. The third-order valence-electron chi connectivity index (χ3n) is 2.87. The molecule has 1 heterocycles. The molecule has 0 fully saturated rings. The Labute approximate surface area is 118 Å². The van der Waals surface area contributed by atoms with Gasteiger partial charge in [0.2, 0.25) is 0 Å². The molecule has 2 aromatic rings. The second-order valence-electron chi connectivity index (χ2n) is 4.58. The molecule has 0 spiro atoms. The highest BCUT2D eigenvalue weighted by molar-refractivity contribution is 5.86. The minimum absolute atomic E-state index is 0.111. The number of hydrogen-bond acceptors (Lipinski definition) is 6. The summed E-state index contributed by atoms with van der Waals surface area (Å²) >= 11 is 0. The number of nitrogens with zero attached hydrogens (tertiary/aromatic N) is 1. The minimum Gasteiger partial charge on any atom is -0.383 e. The molecule has 1 aromatic heterocycles. The molecule has 0 aliphatic carbocycles. The smallest absolute Gasteiger partial charge is 0.326 e. The fourth-order valence-electron chi connectivity index (χ4n) is 2.03. The molecule has 9 heteroatoms. The van der Waals surface area contributed by atoms with Gasteiger partial charge in [-0.3, -0.25) is 19.9 Å². The lowest BCUT2D eigenvalue weighted by molar-refractivity contribution is -0.383. The standard InChI is InChI=1S/C12H14N4O5/c1-6(5-21-2)13-9-3-7-8(4-10(9)16(19)20)14-12(18)15-11(7)17/h3-4,6,13H,5H2,1-2H3,(H2,14,15,17,18). The van der Waals surface area contributed by atoms with E-state index in [1.165, 1.54) is 13.2 Å². The van der Waals surface area contributed by atoms with Crippen molar-refractivity contribution in [2.75, 3.05) is 19.0 Å². The Bertz CT molecular complexity index is 794. The lowest BCUT2D eigenvalue weighted by Crippen LogP contribution is -2.24. The van der Waals surface area contributed by atoms with Crippen molar-refractivity contribution < 1.29 is 9.66 Å². The molecule has 1 unspecified atom stereocenters. The summed E-state index contributed by atoms with van der Waals surface area (Å²) in [6.45, 7) is 2.13. The predicted octanol–water partition coefficient (Wildman–Crippen LogP) is 0.571. The Morgan fingerprint density at radius 1 is 1.38 bits per heavy atom. The largest absolute Gasteiger partial charge is 0.383 e. The van der Waals surface area contributed by atoms with E-state index in [0.717, 1.165) is 6.07 Å². The van der Waals surface area contributed by atoms with Crippen LogP contribution < -0.4 is 16.6 Å². The summed E-state index contributed by atoms with van der Waals surface area (Å²) in [5, 5.41) is 14.2. The normalized spacial score (nSPS) is 12.3. The first kappa shape index (κ1) is 14.7. The fourth-order valence-corrected chi connectivity index (χ4v) is 2.03. The van der Waals surface area contributed by atoms with Crippen molar-refractivity contribution in [3.05, 3.63) is 43.1 Å². The van der Waals surface area contributed by atoms with Gasteiger partial charge >= 0.3 is 5.69 Å². The van der Waals surface area contributed by atoms with E-state index in [2.05, 4.69) is 15.3 Å². The number of nitro groups is 1. The van der Waals surface area contributed by atoms with Gasteiger partial charge in [-0.1, -0.05) is 0 Å². The van der Waals surface area contributed by atoms with Crippen LogP contribution >= 0.6 is 0 Å². The minimum atomic E-state index is -0.713. The van der Waals surface area contributed by atoms with Gasteiger partial charge < -0.3 is 15.0 Å². The highest BCUT2D eigenvalue weighted by Crippen LogP contribution is 2.28. The average Bonchev–Trinajstić information content (AvgIpc) is 2.38. The van der Waals surface area contributed by atoms with Gasteiger partial charge in [-0.25, -0.2) is 4.79 Å². The molecule has 1 aromatic carbocycles. The lowest BCUT2D eigenvalue weighted by Gasteiger charge is -2.14. The van der Waals surface area contributed by atoms with Gasteiger partial charge in [-0.2, -0.15) is 0 Å². The van der Waals surface area contributed by atoms with Crippen molar-refractivity contribution in [3.63, 3.8) is 0 Å². The van der Waals surface area contributed by atoms with E-state index in [9.17, 15) is 19.7 Å². The summed E-state index contributed by atoms with van der Waals surface area (Å²) in [5.74, 6) is 0. The maximum atomic E-state index is 11.7. The molecule has 21 heavy (non-hydrogen) atoms. The van der Waals surface area contributed by atoms with Gasteiger partial charge in [0.15, 0.2) is 0 Å². The Morgan fingerprint density at radius 2 is 2.10 bits per heavy atom. The number of aromatic nitrogens is 2. The number of aromatic amines is 2. The lowest BCUT2D eigenvalue weighted by atomic mass is 10.1. The van der Waals surface area contributed by atoms with Gasteiger partial charge in [0.25, 0.3) is 11.2 Å². The fraction of sp³-hybridized carbons (Fsp3) is 0.333. The van der Waals surface area contributed by atoms with Crippen LogP contribution in [0.3, 0.4) is 0 Å². The van der Waals surface area contributed by atoms with Gasteiger partial charge in [0, 0.05) is 19.2 Å². The van der Waals surface area contributed by atoms with Crippen molar-refractivity contribution in [2.24, 2.45) is 0 Å². The maximum Gasteiger partial charge on any atom is 0.326 e. The van der Waals surface area contributed by atoms with Crippen LogP contribution in [0.4, 0.5) is 11.4 Å². The summed E-state index contributed by atoms with van der Waals surface area (Å²) in [5.41, 5.74) is -1.25. The third kappa shape index (κ3) is 3.08. The van der Waals surface area contributed by atoms with E-state index < -0.39 is 16.2 Å². The molecule has 0 bridgehead atoms. The first-order valence-electron chi connectivity index (χ1n) is 6.12. The second kappa shape index (κ2) is 5.75. The van der Waals surface area contributed by atoms with E-state index in [0.29, 0.717) is 6.61 Å². The zero-order chi connectivity index (χ0) is 15.6. The topological polar surface area (TPSA) is 130 Å². The Morgan fingerprint density at radius 3 is 2.71 bits per heavy atom. The van der Waals surface area contributed by atoms with Crippen LogP contribution in [-0.2, 0) is 4.74 Å². The number of nitrogens with one attached hydrogen (secondary N) is 3. The molecule has 9 nitrogen and oxygen atoms in total. The first-order chi connectivity index (χ1) is 9.92. The Kier molecular flexibility index (Phi) is 4.03. The van der Waals surface area contributed by atoms with Crippen LogP contribution in [-0.4, -0.2) is 34.6 Å². The summed E-state index contributed by atoms with van der Waals surface area (Å²) in [6, 6.07) is 2.32. The van der Waals surface area contributed by atoms with Crippen LogP contribution in [0.2, 0.25) is 0 Å². The summed E-state index contributed by atoms with van der Waals surface area (Å²) in [7, 11) is 1.52. The van der Waals surface area contributed by atoms with E-state index in [4.69, 9.17) is 4.74 Å². The van der Waals surface area contributed by atoms with Crippen LogP contribution in [0.5, 0.6) is 0 Å². The molecule has 0 aliphatic heterocycles. The molecule has 0 radical (unpaired) electrons. The van der Waals surface area contributed by atoms with Gasteiger partial charge in [0.1, 0.15) is 5.69 Å². The average molecular weight is 294 g/mol. The first-order valence-corrected chi connectivity index (χ1v) is 6.12. The summed E-state index contributed by atoms with van der Waals surface area (Å²) < 4.78 is 4.96. The number of hydrogen-bond donors (Lipinski definition) is 3. The van der Waals surface area contributed by atoms with E-state index in [1.807, 2.05) is 0 Å². The van der Waals surface area contributed by atoms with Gasteiger partial charge in [-0.15, -0.1) is 0 Å². The molecule has 0 saturated carbocycles. The number of nitro benzene ring substituents is 1. The number of ether oxygens (including phenoxy) is 1. The van der Waals surface area contributed by atoms with Crippen LogP contribution in [0.1, 0.15) is 6.92 Å². The quantitative estimate of drug-likeness (QED) is 0.546. The molecule has 0 amide bonds. The molecular formula is C12H14N4O5. The maximum absolute atomic E-state index is 11.7. The highest BCUT2D eigenvalue weighted by Gasteiger charge is 2.18. The number of benzene rings is 1. The number of methoxy groups -OCH3 is 1. The zero-order valence-electron chi connectivity index (χ0n) is 11.4. The van der Waals surface area contributed by atoms with Crippen LogP contribution in [0.15, 0.2) is 21.7 Å². The monoisotopic (exact) mass is 294 g/mol. The number of anilines is 1. The summed E-state index contributed by atoms with van der Waals surface area (Å²) in [4.78, 5) is 38.0. The number of rotatable bonds is 5. The molecule has 3 N–H and O–H groups in total. The van der Waals surface area contributed by atoms with Gasteiger partial charge in [0.05, 0.1) is 22.4 Å². The van der Waals surface area contributed by atoms with E-state index in [-0.39, 0.29) is 28.3 Å². The van der Waals surface area contributed by atoms with Crippen molar-refractivity contribution >= 4 is 22.3 Å². The van der Waals surface area contributed by atoms with Crippen molar-refractivity contribution in [2.45, 2.75) is 13.0 Å². The Hall–Kier alpha value is -2.68. The van der Waals surface area contributed by atoms with Crippen molar-refractivity contribution in [1.82, 2.24) is 9.97 Å². The predicted molar refractivity (Wildman–Crippen MR) is 76.8 cm³/mol. The Balaban J connectivity index is 2.62. The zero-order valence-corrected chi connectivity index (χ0v) is 11.4. The van der Waals surface area contributed by atoms with Crippen molar-refractivity contribution in [3.8, 4) is 0 Å². The van der Waals surface area contributed by atoms with Crippen molar-refractivity contribution in [1.29, 1.82) is 0 Å². The van der Waals surface area contributed by atoms with Crippen LogP contribution in [0, 0.1) is 10.1 Å². The van der Waals surface area contributed by atoms with Gasteiger partial charge in [-0.05, 0) is 13.0 Å². The molecule has 2 rings (SSSR count). The number of H-pyrrole nitrogens is 2. The molecule has 0 saturated heterocycles.